The number of aryl methyl sites for hydroxylation is 1. The molecule has 0 aliphatic carbocycles. The third-order valence-electron chi connectivity index (χ3n) is 4.57. The van der Waals surface area contributed by atoms with Crippen molar-refractivity contribution in [2.24, 2.45) is 0 Å². The lowest BCUT2D eigenvalue weighted by Crippen LogP contribution is -2.42. The van der Waals surface area contributed by atoms with Crippen LogP contribution in [0.25, 0.3) is 5.70 Å². The number of anilines is 1. The number of carbonyl (C=O) groups is 3. The van der Waals surface area contributed by atoms with E-state index in [0.29, 0.717) is 11.1 Å². The Hall–Kier alpha value is -4.52. The number of benzene rings is 1. The van der Waals surface area contributed by atoms with Crippen molar-refractivity contribution in [1.29, 1.82) is 5.41 Å². The van der Waals surface area contributed by atoms with E-state index in [4.69, 9.17) is 17.0 Å². The summed E-state index contributed by atoms with van der Waals surface area (Å²) in [6.45, 7) is 3.85. The fraction of sp³-hybridized carbons (Fsp3) is 0.174. The third kappa shape index (κ3) is 7.48. The molecular formula is C23H23ClF2N6O5. The molecule has 0 aliphatic heterocycles. The zero-order valence-corrected chi connectivity index (χ0v) is 20.7. The average Bonchev–Trinajstić information content (AvgIpc) is 3.28. The summed E-state index contributed by atoms with van der Waals surface area (Å²) < 4.78 is 35.3. The number of ether oxygens (including phenoxy) is 2. The molecule has 0 unspecified atom stereocenters. The van der Waals surface area contributed by atoms with E-state index in [1.54, 1.807) is 26.0 Å². The monoisotopic (exact) mass is 536 g/mol. The van der Waals surface area contributed by atoms with Gasteiger partial charge >= 0.3 is 12.7 Å². The molecule has 2 aromatic rings. The van der Waals surface area contributed by atoms with Gasteiger partial charge in [-0.15, -0.1) is 5.10 Å². The lowest BCUT2D eigenvalue weighted by atomic mass is 10.0. The first-order valence-electron chi connectivity index (χ1n) is 10.4. The summed E-state index contributed by atoms with van der Waals surface area (Å²) in [5, 5.41) is 13.9. The SMILES string of the molecule is C=C(/C(Cl)=C\C=C/C)n1nc(OC(F)F)cc1C(=O)Nc1c(C)cc(C=N)cc1C(=O)NNC(=O)OC. The summed E-state index contributed by atoms with van der Waals surface area (Å²) >= 11 is 6.20. The van der Waals surface area contributed by atoms with Gasteiger partial charge in [0.15, 0.2) is 0 Å². The van der Waals surface area contributed by atoms with E-state index < -0.39 is 30.4 Å². The maximum atomic E-state index is 13.3. The number of nitrogens with one attached hydrogen (secondary N) is 4. The number of allylic oxidation sites excluding steroid dienone is 5. The summed E-state index contributed by atoms with van der Waals surface area (Å²) in [6, 6.07) is 3.76. The Morgan fingerprint density at radius 1 is 1.22 bits per heavy atom. The van der Waals surface area contributed by atoms with Gasteiger partial charge in [-0.3, -0.25) is 15.0 Å². The van der Waals surface area contributed by atoms with E-state index in [9.17, 15) is 23.2 Å². The first kappa shape index (κ1) is 28.7. The average molecular weight is 537 g/mol. The van der Waals surface area contributed by atoms with Crippen LogP contribution >= 0.6 is 11.6 Å². The van der Waals surface area contributed by atoms with Crippen LogP contribution in [0.4, 0.5) is 19.3 Å². The van der Waals surface area contributed by atoms with Crippen molar-refractivity contribution in [3.63, 3.8) is 0 Å². The van der Waals surface area contributed by atoms with E-state index in [0.717, 1.165) is 24.1 Å². The smallest absolute Gasteiger partial charge is 0.425 e. The van der Waals surface area contributed by atoms with E-state index in [2.05, 4.69) is 31.9 Å². The number of alkyl halides is 2. The number of hydrogen-bond donors (Lipinski definition) is 4. The minimum Gasteiger partial charge on any atom is -0.452 e. The Balaban J connectivity index is 2.53. The minimum absolute atomic E-state index is 0.00464. The Morgan fingerprint density at radius 2 is 1.92 bits per heavy atom. The Morgan fingerprint density at radius 3 is 2.51 bits per heavy atom. The van der Waals surface area contributed by atoms with Crippen LogP contribution in [0.2, 0.25) is 0 Å². The van der Waals surface area contributed by atoms with Crippen molar-refractivity contribution < 1.29 is 32.6 Å². The highest BCUT2D eigenvalue weighted by atomic mass is 35.5. The molecule has 0 atom stereocenters. The fourth-order valence-electron chi connectivity index (χ4n) is 2.90. The first-order chi connectivity index (χ1) is 17.5. The van der Waals surface area contributed by atoms with Gasteiger partial charge in [0.1, 0.15) is 5.69 Å². The van der Waals surface area contributed by atoms with Gasteiger partial charge in [0, 0.05) is 12.3 Å². The van der Waals surface area contributed by atoms with Gasteiger partial charge < -0.3 is 20.2 Å². The Bertz CT molecular complexity index is 1290. The van der Waals surface area contributed by atoms with Crippen LogP contribution < -0.4 is 20.9 Å². The molecule has 1 aromatic carbocycles. The maximum Gasteiger partial charge on any atom is 0.425 e. The zero-order chi connectivity index (χ0) is 27.7. The predicted molar refractivity (Wildman–Crippen MR) is 133 cm³/mol. The van der Waals surface area contributed by atoms with Crippen LogP contribution in [-0.2, 0) is 4.74 Å². The number of halogens is 3. The predicted octanol–water partition coefficient (Wildman–Crippen LogP) is 4.21. The van der Waals surface area contributed by atoms with Crippen LogP contribution in [-0.4, -0.2) is 47.6 Å². The van der Waals surface area contributed by atoms with Crippen LogP contribution in [0.1, 0.15) is 38.9 Å². The third-order valence-corrected chi connectivity index (χ3v) is 4.91. The van der Waals surface area contributed by atoms with Crippen LogP contribution in [0.5, 0.6) is 5.88 Å². The van der Waals surface area contributed by atoms with Crippen LogP contribution in [0.3, 0.4) is 0 Å². The van der Waals surface area contributed by atoms with Crippen molar-refractivity contribution >= 4 is 47.1 Å². The second kappa shape index (κ2) is 13.0. The lowest BCUT2D eigenvalue weighted by molar-refractivity contribution is -0.0530. The number of nitrogens with zero attached hydrogens (tertiary/aromatic N) is 2. The van der Waals surface area contributed by atoms with Gasteiger partial charge in [-0.05, 0) is 43.2 Å². The molecule has 0 fully saturated rings. The normalized spacial score (nSPS) is 11.3. The summed E-state index contributed by atoms with van der Waals surface area (Å²) in [5.74, 6) is -2.30. The number of aromatic nitrogens is 2. The second-order valence-electron chi connectivity index (χ2n) is 7.07. The summed E-state index contributed by atoms with van der Waals surface area (Å²) in [6.07, 6.45) is 4.76. The molecule has 1 heterocycles. The van der Waals surface area contributed by atoms with Gasteiger partial charge in [0.2, 0.25) is 5.88 Å². The summed E-state index contributed by atoms with van der Waals surface area (Å²) in [7, 11) is 1.09. The molecule has 4 N–H and O–H groups in total. The molecule has 0 aliphatic rings. The molecule has 196 valence electrons. The number of hydrazine groups is 1. The van der Waals surface area contributed by atoms with E-state index >= 15 is 0 Å². The fourth-order valence-corrected chi connectivity index (χ4v) is 3.05. The quantitative estimate of drug-likeness (QED) is 0.214. The molecule has 0 radical (unpaired) electrons. The molecule has 37 heavy (non-hydrogen) atoms. The topological polar surface area (TPSA) is 147 Å². The van der Waals surface area contributed by atoms with Gasteiger partial charge in [0.05, 0.1) is 29.1 Å². The Labute approximate surface area is 215 Å². The number of hydrogen-bond acceptors (Lipinski definition) is 7. The van der Waals surface area contributed by atoms with E-state index in [-0.39, 0.29) is 27.7 Å². The summed E-state index contributed by atoms with van der Waals surface area (Å²) in [4.78, 5) is 37.3. The molecule has 14 heteroatoms. The Kier molecular flexibility index (Phi) is 10.1. The van der Waals surface area contributed by atoms with E-state index in [1.165, 1.54) is 18.2 Å². The molecular weight excluding hydrogens is 514 g/mol. The van der Waals surface area contributed by atoms with Gasteiger partial charge in [-0.25, -0.2) is 14.9 Å². The van der Waals surface area contributed by atoms with Crippen molar-refractivity contribution in [1.82, 2.24) is 20.6 Å². The molecule has 0 bridgehead atoms. The van der Waals surface area contributed by atoms with Crippen molar-refractivity contribution in [2.75, 3.05) is 12.4 Å². The van der Waals surface area contributed by atoms with E-state index in [1.807, 2.05) is 5.43 Å². The second-order valence-corrected chi connectivity index (χ2v) is 7.48. The number of amides is 3. The van der Waals surface area contributed by atoms with Gasteiger partial charge in [0.25, 0.3) is 11.8 Å². The molecule has 11 nitrogen and oxygen atoms in total. The highest BCUT2D eigenvalue weighted by Gasteiger charge is 2.24. The summed E-state index contributed by atoms with van der Waals surface area (Å²) in [5.41, 5.74) is 4.39. The molecule has 0 spiro atoms. The number of methoxy groups -OCH3 is 1. The van der Waals surface area contributed by atoms with Crippen molar-refractivity contribution in [2.45, 2.75) is 20.5 Å². The van der Waals surface area contributed by atoms with Crippen LogP contribution in [0.15, 0.2) is 48.0 Å². The van der Waals surface area contributed by atoms with Crippen molar-refractivity contribution in [3.05, 3.63) is 70.4 Å². The molecule has 0 saturated carbocycles. The molecule has 2 rings (SSSR count). The van der Waals surface area contributed by atoms with Gasteiger partial charge in [-0.2, -0.15) is 8.78 Å². The zero-order valence-electron chi connectivity index (χ0n) is 19.9. The molecule has 0 saturated heterocycles. The highest BCUT2D eigenvalue weighted by molar-refractivity contribution is 6.35. The number of rotatable bonds is 9. The minimum atomic E-state index is -3.21. The van der Waals surface area contributed by atoms with Gasteiger partial charge in [-0.1, -0.05) is 30.3 Å². The largest absolute Gasteiger partial charge is 0.452 e. The number of carbonyl (C=O) groups excluding carboxylic acids is 3. The highest BCUT2D eigenvalue weighted by Crippen LogP contribution is 2.27. The standard InChI is InChI=1S/C23H23ClF2N6O5/c1-5-6-7-16(24)13(3)32-17(10-18(31-32)37-22(25)26)21(34)28-19-12(2)8-14(11-27)9-15(19)20(33)29-30-23(35)36-4/h5-11,22,27H,3H2,1-2,4H3,(H,28,34)(H,29,33)(H,30,35)/b6-5-,16-7+,27-11?. The van der Waals surface area contributed by atoms with Crippen LogP contribution in [0, 0.1) is 12.3 Å². The first-order valence-corrected chi connectivity index (χ1v) is 10.7. The molecule has 1 aromatic heterocycles. The van der Waals surface area contributed by atoms with Crippen molar-refractivity contribution in [3.8, 4) is 5.88 Å². The molecule has 3 amide bonds. The lowest BCUT2D eigenvalue weighted by Gasteiger charge is -2.16. The maximum absolute atomic E-state index is 13.3.